The number of carbonyl (C=O) groups excluding carboxylic acids is 1. The predicted octanol–water partition coefficient (Wildman–Crippen LogP) is 3.77. The predicted molar refractivity (Wildman–Crippen MR) is 93.3 cm³/mol. The van der Waals surface area contributed by atoms with Gasteiger partial charge in [0.1, 0.15) is 11.5 Å². The lowest BCUT2D eigenvalue weighted by molar-refractivity contribution is 0.0948. The molecule has 3 rings (SSSR count). The van der Waals surface area contributed by atoms with Crippen molar-refractivity contribution in [3.8, 4) is 0 Å². The van der Waals surface area contributed by atoms with Crippen LogP contribution in [0.2, 0.25) is 4.47 Å². The molecule has 0 aliphatic rings. The molecule has 0 saturated heterocycles. The Labute approximate surface area is 143 Å². The normalized spacial score (nSPS) is 11.3. The average molecular weight is 349 g/mol. The van der Waals surface area contributed by atoms with Crippen LogP contribution in [0.4, 0.5) is 0 Å². The summed E-state index contributed by atoms with van der Waals surface area (Å²) in [6.07, 6.45) is 0.634. The lowest BCUT2D eigenvalue weighted by Gasteiger charge is -2.06. The van der Waals surface area contributed by atoms with Gasteiger partial charge in [-0.3, -0.25) is 4.79 Å². The molecule has 2 heterocycles. The second-order valence-electron chi connectivity index (χ2n) is 5.54. The number of nitrogens with zero attached hydrogens (tertiary/aromatic N) is 2. The van der Waals surface area contributed by atoms with Gasteiger partial charge in [-0.05, 0) is 18.1 Å². The van der Waals surface area contributed by atoms with E-state index in [0.29, 0.717) is 23.1 Å². The van der Waals surface area contributed by atoms with Crippen LogP contribution in [0.3, 0.4) is 0 Å². The minimum absolute atomic E-state index is 0.187. The van der Waals surface area contributed by atoms with Crippen molar-refractivity contribution in [1.82, 2.24) is 20.3 Å². The number of amides is 1. The molecule has 7 heteroatoms. The van der Waals surface area contributed by atoms with Crippen molar-refractivity contribution in [3.05, 3.63) is 45.1 Å². The van der Waals surface area contributed by atoms with Crippen LogP contribution in [0, 0.1) is 0 Å². The number of carbonyl (C=O) groups is 1. The lowest BCUT2D eigenvalue weighted by Crippen LogP contribution is -2.27. The molecule has 2 N–H and O–H groups in total. The minimum atomic E-state index is -0.187. The number of hydrogen-bond acceptors (Lipinski definition) is 4. The molecule has 120 valence electrons. The molecule has 0 spiro atoms. The summed E-state index contributed by atoms with van der Waals surface area (Å²) < 4.78 is 0.399. The fourth-order valence-corrected chi connectivity index (χ4v) is 3.48. The molecule has 0 radical (unpaired) electrons. The highest BCUT2D eigenvalue weighted by Gasteiger charge is 2.19. The number of aromatic nitrogens is 3. The van der Waals surface area contributed by atoms with Crippen molar-refractivity contribution in [2.75, 3.05) is 6.54 Å². The Morgan fingerprint density at radius 3 is 2.87 bits per heavy atom. The van der Waals surface area contributed by atoms with Gasteiger partial charge in [0.15, 0.2) is 4.47 Å². The van der Waals surface area contributed by atoms with Crippen LogP contribution < -0.4 is 5.32 Å². The van der Waals surface area contributed by atoms with Gasteiger partial charge >= 0.3 is 0 Å². The summed E-state index contributed by atoms with van der Waals surface area (Å²) in [4.78, 5) is 25.1. The van der Waals surface area contributed by atoms with E-state index < -0.39 is 0 Å². The number of hydrogen-bond donors (Lipinski definition) is 2. The number of nitrogens with one attached hydrogen (secondary N) is 2. The van der Waals surface area contributed by atoms with Crippen LogP contribution in [-0.4, -0.2) is 27.4 Å². The van der Waals surface area contributed by atoms with Crippen LogP contribution in [-0.2, 0) is 6.42 Å². The second kappa shape index (κ2) is 6.68. The van der Waals surface area contributed by atoms with Gasteiger partial charge in [0.2, 0.25) is 0 Å². The van der Waals surface area contributed by atoms with E-state index in [-0.39, 0.29) is 11.8 Å². The van der Waals surface area contributed by atoms with E-state index in [1.807, 2.05) is 38.1 Å². The molecule has 5 nitrogen and oxygen atoms in total. The zero-order valence-electron chi connectivity index (χ0n) is 12.9. The van der Waals surface area contributed by atoms with Gasteiger partial charge in [-0.2, -0.15) is 0 Å². The fraction of sp³-hybridized carbons (Fsp3) is 0.312. The lowest BCUT2D eigenvalue weighted by atomic mass is 10.1. The molecule has 1 aromatic carbocycles. The molecule has 0 unspecified atom stereocenters. The smallest absolute Gasteiger partial charge is 0.271 e. The Kier molecular flexibility index (Phi) is 4.63. The molecule has 2 aromatic heterocycles. The quantitative estimate of drug-likeness (QED) is 0.737. The Morgan fingerprint density at radius 1 is 1.35 bits per heavy atom. The molecule has 23 heavy (non-hydrogen) atoms. The van der Waals surface area contributed by atoms with E-state index in [1.165, 1.54) is 11.3 Å². The van der Waals surface area contributed by atoms with Crippen LogP contribution in [0.5, 0.6) is 0 Å². The maximum absolute atomic E-state index is 12.3. The van der Waals surface area contributed by atoms with Gasteiger partial charge in [0, 0.05) is 17.8 Å². The molecule has 0 fully saturated rings. The molecule has 0 aliphatic heterocycles. The van der Waals surface area contributed by atoms with Gasteiger partial charge < -0.3 is 10.3 Å². The molecule has 3 aromatic rings. The first kappa shape index (κ1) is 16.0. The SMILES string of the molecule is CC(C)c1sc(Cl)nc1C(=O)NCCc1nc2ccccc2[nH]1. The summed E-state index contributed by atoms with van der Waals surface area (Å²) in [5.74, 6) is 0.885. The number of halogens is 1. The highest BCUT2D eigenvalue weighted by Crippen LogP contribution is 2.29. The number of aromatic amines is 1. The Balaban J connectivity index is 1.63. The Morgan fingerprint density at radius 2 is 2.13 bits per heavy atom. The van der Waals surface area contributed by atoms with E-state index >= 15 is 0 Å². The largest absolute Gasteiger partial charge is 0.350 e. The van der Waals surface area contributed by atoms with Crippen LogP contribution in [0.1, 0.15) is 41.0 Å². The number of thiazole rings is 1. The van der Waals surface area contributed by atoms with E-state index in [2.05, 4.69) is 20.3 Å². The number of benzene rings is 1. The number of fused-ring (bicyclic) bond motifs is 1. The monoisotopic (exact) mass is 348 g/mol. The summed E-state index contributed by atoms with van der Waals surface area (Å²) >= 11 is 7.30. The third kappa shape index (κ3) is 3.54. The molecular formula is C16H17ClN4OS. The van der Waals surface area contributed by atoms with Crippen molar-refractivity contribution in [2.45, 2.75) is 26.2 Å². The Bertz CT molecular complexity index is 807. The number of para-hydroxylation sites is 2. The maximum Gasteiger partial charge on any atom is 0.271 e. The second-order valence-corrected chi connectivity index (χ2v) is 7.15. The highest BCUT2D eigenvalue weighted by molar-refractivity contribution is 7.16. The summed E-state index contributed by atoms with van der Waals surface area (Å²) in [6.45, 7) is 4.54. The third-order valence-electron chi connectivity index (χ3n) is 3.45. The van der Waals surface area contributed by atoms with Crippen LogP contribution in [0.15, 0.2) is 24.3 Å². The first-order chi connectivity index (χ1) is 11.0. The first-order valence-electron chi connectivity index (χ1n) is 7.42. The van der Waals surface area contributed by atoms with Gasteiger partial charge in [-0.25, -0.2) is 9.97 Å². The summed E-state index contributed by atoms with van der Waals surface area (Å²) in [5, 5.41) is 2.89. The van der Waals surface area contributed by atoms with Crippen molar-refractivity contribution in [3.63, 3.8) is 0 Å². The molecule has 0 bridgehead atoms. The zero-order valence-corrected chi connectivity index (χ0v) is 14.5. The van der Waals surface area contributed by atoms with Gasteiger partial charge in [-0.15, -0.1) is 11.3 Å². The number of H-pyrrole nitrogens is 1. The zero-order chi connectivity index (χ0) is 16.4. The van der Waals surface area contributed by atoms with E-state index in [9.17, 15) is 4.79 Å². The van der Waals surface area contributed by atoms with Crippen molar-refractivity contribution in [1.29, 1.82) is 0 Å². The van der Waals surface area contributed by atoms with E-state index in [1.54, 1.807) is 0 Å². The standard InChI is InChI=1S/C16H17ClN4OS/c1-9(2)14-13(21-16(17)23-14)15(22)18-8-7-12-19-10-5-3-4-6-11(10)20-12/h3-6,9H,7-8H2,1-2H3,(H,18,22)(H,19,20). The molecule has 0 saturated carbocycles. The molecule has 0 aliphatic carbocycles. The first-order valence-corrected chi connectivity index (χ1v) is 8.62. The molecular weight excluding hydrogens is 332 g/mol. The van der Waals surface area contributed by atoms with E-state index in [0.717, 1.165) is 21.7 Å². The fourth-order valence-electron chi connectivity index (χ4n) is 2.36. The van der Waals surface area contributed by atoms with Crippen LogP contribution in [0.25, 0.3) is 11.0 Å². The topological polar surface area (TPSA) is 70.7 Å². The van der Waals surface area contributed by atoms with Crippen molar-refractivity contribution >= 4 is 39.9 Å². The van der Waals surface area contributed by atoms with E-state index in [4.69, 9.17) is 11.6 Å². The highest BCUT2D eigenvalue weighted by atomic mass is 35.5. The van der Waals surface area contributed by atoms with Gasteiger partial charge in [-0.1, -0.05) is 37.6 Å². The third-order valence-corrected chi connectivity index (χ3v) is 4.91. The Hall–Kier alpha value is -1.92. The average Bonchev–Trinajstić information content (AvgIpc) is 3.10. The van der Waals surface area contributed by atoms with Gasteiger partial charge in [0.05, 0.1) is 11.0 Å². The summed E-state index contributed by atoms with van der Waals surface area (Å²) in [7, 11) is 0. The number of rotatable bonds is 5. The van der Waals surface area contributed by atoms with Crippen molar-refractivity contribution in [2.24, 2.45) is 0 Å². The molecule has 1 amide bonds. The van der Waals surface area contributed by atoms with Crippen molar-refractivity contribution < 1.29 is 4.79 Å². The van der Waals surface area contributed by atoms with Gasteiger partial charge in [0.25, 0.3) is 5.91 Å². The van der Waals surface area contributed by atoms with Crippen LogP contribution >= 0.6 is 22.9 Å². The summed E-state index contributed by atoms with van der Waals surface area (Å²) in [6, 6.07) is 7.86. The minimum Gasteiger partial charge on any atom is -0.350 e. The summed E-state index contributed by atoms with van der Waals surface area (Å²) in [5.41, 5.74) is 2.36. The molecule has 0 atom stereocenters. The number of imidazole rings is 1. The maximum atomic E-state index is 12.3.